The van der Waals surface area contributed by atoms with Gasteiger partial charge in [0.05, 0.1) is 17.6 Å². The first kappa shape index (κ1) is 7.04. The van der Waals surface area contributed by atoms with Crippen molar-refractivity contribution >= 4 is 24.1 Å². The van der Waals surface area contributed by atoms with E-state index >= 15 is 0 Å². The van der Waals surface area contributed by atoms with Crippen molar-refractivity contribution in [1.29, 1.82) is 0 Å². The summed E-state index contributed by atoms with van der Waals surface area (Å²) >= 11 is 1.82. The Balaban J connectivity index is 2.09. The summed E-state index contributed by atoms with van der Waals surface area (Å²) in [4.78, 5) is 4.36. The topological polar surface area (TPSA) is 21.6 Å². The number of hydrogen-bond acceptors (Lipinski definition) is 3. The van der Waals surface area contributed by atoms with Crippen molar-refractivity contribution < 1.29 is 4.74 Å². The summed E-state index contributed by atoms with van der Waals surface area (Å²) in [6.07, 6.45) is 3.50. The first-order chi connectivity index (χ1) is 5.47. The molecule has 0 unspecified atom stereocenters. The van der Waals surface area contributed by atoms with Gasteiger partial charge in [0, 0.05) is 12.3 Å². The van der Waals surface area contributed by atoms with Crippen LogP contribution in [0.15, 0.2) is 29.0 Å². The van der Waals surface area contributed by atoms with Gasteiger partial charge in [0.1, 0.15) is 0 Å². The second kappa shape index (κ2) is 3.18. The Morgan fingerprint density at radius 3 is 3.27 bits per heavy atom. The number of hydrogen-bond donors (Lipinski definition) is 0. The van der Waals surface area contributed by atoms with E-state index in [9.17, 15) is 0 Å². The minimum atomic E-state index is 0.959. The molecule has 0 N–H and O–H groups in total. The second-order valence-corrected chi connectivity index (χ2v) is 3.47. The fraction of sp³-hybridized carbons (Fsp3) is 0.286. The van der Waals surface area contributed by atoms with Crippen LogP contribution in [0, 0.1) is 0 Å². The van der Waals surface area contributed by atoms with Gasteiger partial charge in [-0.1, -0.05) is 5.98 Å². The Morgan fingerprint density at radius 1 is 1.64 bits per heavy atom. The largest absolute Gasteiger partial charge is 0.474 e. The number of thioether (sulfide) groups is 1. The van der Waals surface area contributed by atoms with Gasteiger partial charge in [-0.15, -0.1) is 11.8 Å². The summed E-state index contributed by atoms with van der Waals surface area (Å²) in [5.74, 6) is 3.13. The van der Waals surface area contributed by atoms with Gasteiger partial charge in [0.15, 0.2) is 7.28 Å². The lowest BCUT2D eigenvalue weighted by atomic mass is 9.70. The zero-order valence-electron chi connectivity index (χ0n) is 6.12. The molecule has 2 aliphatic heterocycles. The van der Waals surface area contributed by atoms with Gasteiger partial charge in [-0.2, -0.15) is 0 Å². The summed E-state index contributed by atoms with van der Waals surface area (Å²) in [5, 5.41) is 1.16. The molecule has 0 saturated carbocycles. The van der Waals surface area contributed by atoms with Crippen molar-refractivity contribution in [2.75, 3.05) is 12.3 Å². The smallest absolute Gasteiger partial charge is 0.194 e. The molecule has 0 aromatic rings. The maximum Gasteiger partial charge on any atom is 0.194 e. The van der Waals surface area contributed by atoms with Gasteiger partial charge in [-0.25, -0.2) is 0 Å². The van der Waals surface area contributed by atoms with Crippen molar-refractivity contribution in [3.8, 4) is 0 Å². The van der Waals surface area contributed by atoms with Gasteiger partial charge < -0.3 is 4.74 Å². The van der Waals surface area contributed by atoms with E-state index in [0.29, 0.717) is 0 Å². The fourth-order valence-electron chi connectivity index (χ4n) is 1.07. The molecule has 11 heavy (non-hydrogen) atoms. The molecule has 0 aliphatic carbocycles. The highest BCUT2D eigenvalue weighted by atomic mass is 32.2. The number of nitrogens with zero attached hydrogens (tertiary/aromatic N) is 1. The number of ether oxygens (including phenoxy) is 1. The molecule has 0 atom stereocenters. The average Bonchev–Trinajstić information content (AvgIpc) is 2.58. The molecular weight excluding hydrogens is 157 g/mol. The first-order valence-electron chi connectivity index (χ1n) is 3.64. The lowest BCUT2D eigenvalue weighted by Crippen LogP contribution is -2.05. The lowest BCUT2D eigenvalue weighted by Gasteiger charge is -2.05. The Labute approximate surface area is 70.7 Å². The van der Waals surface area contributed by atoms with Gasteiger partial charge >= 0.3 is 0 Å². The highest BCUT2D eigenvalue weighted by molar-refractivity contribution is 8.14. The second-order valence-electron chi connectivity index (χ2n) is 2.39. The van der Waals surface area contributed by atoms with Crippen LogP contribution in [0.25, 0.3) is 0 Å². The number of rotatable bonds is 1. The number of aliphatic imine (C=N–C) groups is 1. The van der Waals surface area contributed by atoms with E-state index in [1.165, 1.54) is 5.47 Å². The van der Waals surface area contributed by atoms with Gasteiger partial charge in [0.25, 0.3) is 0 Å². The molecule has 0 spiro atoms. The minimum Gasteiger partial charge on any atom is -0.474 e. The molecular formula is C7H8BNOS. The molecule has 0 radical (unpaired) electrons. The summed E-state index contributed by atoms with van der Waals surface area (Å²) in [6.45, 7) is 0.959. The van der Waals surface area contributed by atoms with E-state index in [-0.39, 0.29) is 0 Å². The maximum atomic E-state index is 5.06. The molecule has 0 aromatic carbocycles. The fourth-order valence-corrected chi connectivity index (χ4v) is 1.94. The van der Waals surface area contributed by atoms with E-state index in [2.05, 4.69) is 4.99 Å². The van der Waals surface area contributed by atoms with Crippen LogP contribution < -0.4 is 0 Å². The van der Waals surface area contributed by atoms with Crippen LogP contribution in [0.2, 0.25) is 0 Å². The molecule has 0 bridgehead atoms. The van der Waals surface area contributed by atoms with Crippen LogP contribution >= 0.6 is 11.8 Å². The molecule has 2 nitrogen and oxygen atoms in total. The predicted molar refractivity (Wildman–Crippen MR) is 50.2 cm³/mol. The van der Waals surface area contributed by atoms with Crippen LogP contribution in [-0.2, 0) is 4.74 Å². The Bertz CT molecular complexity index is 247. The minimum absolute atomic E-state index is 0.959. The van der Waals surface area contributed by atoms with Crippen molar-refractivity contribution in [3.63, 3.8) is 0 Å². The van der Waals surface area contributed by atoms with Crippen LogP contribution in [0.3, 0.4) is 0 Å². The van der Waals surface area contributed by atoms with Crippen LogP contribution in [0.5, 0.6) is 0 Å². The molecule has 2 rings (SSSR count). The summed E-state index contributed by atoms with van der Waals surface area (Å²) < 4.78 is 5.06. The van der Waals surface area contributed by atoms with Crippen molar-refractivity contribution in [2.45, 2.75) is 0 Å². The van der Waals surface area contributed by atoms with E-state index in [0.717, 1.165) is 24.6 Å². The van der Waals surface area contributed by atoms with Gasteiger partial charge in [-0.05, 0) is 5.47 Å². The van der Waals surface area contributed by atoms with E-state index in [1.54, 1.807) is 12.5 Å². The highest BCUT2D eigenvalue weighted by Gasteiger charge is 2.13. The predicted octanol–water partition coefficient (Wildman–Crippen LogP) is 0.911. The molecule has 0 aromatic heterocycles. The maximum absolute atomic E-state index is 5.06. The van der Waals surface area contributed by atoms with Crippen LogP contribution in [0.4, 0.5) is 0 Å². The molecule has 2 heterocycles. The summed E-state index contributed by atoms with van der Waals surface area (Å²) in [6, 6.07) is 0. The van der Waals surface area contributed by atoms with E-state index in [4.69, 9.17) is 4.74 Å². The van der Waals surface area contributed by atoms with E-state index < -0.39 is 0 Å². The Kier molecular flexibility index (Phi) is 2.03. The average molecular weight is 165 g/mol. The van der Waals surface area contributed by atoms with Crippen molar-refractivity contribution in [3.05, 3.63) is 24.0 Å². The van der Waals surface area contributed by atoms with Crippen molar-refractivity contribution in [1.82, 2.24) is 0 Å². The molecule has 2 aliphatic rings. The SMILES string of the molecule is B1C=COC=C1C1=NCCS1. The standard InChI is InChI=1S/C7H8BNOS/c1-3-10-5-6(8-1)7-9-2-4-11-7/h1,3,5,8H,2,4H2. The monoisotopic (exact) mass is 165 g/mol. The molecule has 0 amide bonds. The lowest BCUT2D eigenvalue weighted by molar-refractivity contribution is 0.401. The van der Waals surface area contributed by atoms with E-state index in [1.807, 2.05) is 17.7 Å². The third-order valence-corrected chi connectivity index (χ3v) is 2.63. The van der Waals surface area contributed by atoms with Crippen molar-refractivity contribution in [2.24, 2.45) is 4.99 Å². The molecule has 4 heteroatoms. The molecule has 0 saturated heterocycles. The third-order valence-electron chi connectivity index (χ3n) is 1.58. The normalized spacial score (nSPS) is 21.8. The molecule has 56 valence electrons. The van der Waals surface area contributed by atoms with Crippen LogP contribution in [-0.4, -0.2) is 24.6 Å². The van der Waals surface area contributed by atoms with Crippen LogP contribution in [0.1, 0.15) is 0 Å². The quantitative estimate of drug-likeness (QED) is 0.538. The first-order valence-corrected chi connectivity index (χ1v) is 4.62. The third kappa shape index (κ3) is 1.51. The highest BCUT2D eigenvalue weighted by Crippen LogP contribution is 2.19. The Hall–Kier alpha value is -0.635. The Morgan fingerprint density at radius 2 is 2.64 bits per heavy atom. The zero-order chi connectivity index (χ0) is 7.52. The zero-order valence-corrected chi connectivity index (χ0v) is 6.93. The van der Waals surface area contributed by atoms with Gasteiger partial charge in [-0.3, -0.25) is 4.99 Å². The van der Waals surface area contributed by atoms with Gasteiger partial charge in [0.2, 0.25) is 0 Å². The summed E-state index contributed by atoms with van der Waals surface area (Å²) in [7, 11) is 0.964. The molecule has 0 fully saturated rings. The summed E-state index contributed by atoms with van der Waals surface area (Å²) in [5.41, 5.74) is 1.22.